The van der Waals surface area contributed by atoms with Gasteiger partial charge in [0.15, 0.2) is 0 Å². The van der Waals surface area contributed by atoms with Crippen LogP contribution in [0.5, 0.6) is 0 Å². The zero-order chi connectivity index (χ0) is 16.1. The van der Waals surface area contributed by atoms with Crippen LogP contribution in [0.3, 0.4) is 0 Å². The molecule has 2 amide bonds. The number of anilines is 1. The summed E-state index contributed by atoms with van der Waals surface area (Å²) in [5, 5.41) is 3.63. The lowest BCUT2D eigenvalue weighted by atomic mass is 10.1. The molecule has 1 atom stereocenters. The van der Waals surface area contributed by atoms with Crippen molar-refractivity contribution in [2.75, 3.05) is 31.7 Å². The molecular formula is C15H18Cl2N2O3. The first-order valence-corrected chi connectivity index (χ1v) is 7.81. The molecule has 1 heterocycles. The molecule has 120 valence electrons. The number of amides is 2. The van der Waals surface area contributed by atoms with Gasteiger partial charge in [0.25, 0.3) is 0 Å². The number of hydrogen-bond donors (Lipinski definition) is 1. The Hall–Kier alpha value is -1.30. The van der Waals surface area contributed by atoms with Gasteiger partial charge in [-0.05, 0) is 18.6 Å². The van der Waals surface area contributed by atoms with Gasteiger partial charge in [-0.2, -0.15) is 0 Å². The molecular weight excluding hydrogens is 327 g/mol. The fraction of sp³-hybridized carbons (Fsp3) is 0.467. The van der Waals surface area contributed by atoms with Crippen molar-refractivity contribution in [1.29, 1.82) is 0 Å². The molecule has 0 saturated carbocycles. The Morgan fingerprint density at radius 1 is 1.41 bits per heavy atom. The number of halogens is 2. The Labute approximate surface area is 139 Å². The van der Waals surface area contributed by atoms with E-state index in [0.29, 0.717) is 35.4 Å². The summed E-state index contributed by atoms with van der Waals surface area (Å²) in [5.74, 6) is -0.662. The molecule has 1 N–H and O–H groups in total. The zero-order valence-electron chi connectivity index (χ0n) is 12.3. The lowest BCUT2D eigenvalue weighted by Gasteiger charge is -2.19. The van der Waals surface area contributed by atoms with Gasteiger partial charge in [0.1, 0.15) is 0 Å². The second-order valence-electron chi connectivity index (χ2n) is 5.11. The van der Waals surface area contributed by atoms with Crippen LogP contribution in [0.25, 0.3) is 0 Å². The molecule has 1 aliphatic rings. The molecule has 0 aliphatic carbocycles. The third kappa shape index (κ3) is 3.91. The molecule has 1 fully saturated rings. The van der Waals surface area contributed by atoms with Crippen LogP contribution in [0.1, 0.15) is 12.8 Å². The number of carbonyl (C=O) groups excluding carboxylic acids is 2. The van der Waals surface area contributed by atoms with E-state index in [1.54, 1.807) is 25.3 Å². The van der Waals surface area contributed by atoms with Gasteiger partial charge in [0.05, 0.1) is 21.7 Å². The van der Waals surface area contributed by atoms with Crippen molar-refractivity contribution in [3.8, 4) is 0 Å². The Bertz CT molecular complexity index is 545. The van der Waals surface area contributed by atoms with Crippen LogP contribution in [-0.2, 0) is 14.3 Å². The predicted molar refractivity (Wildman–Crippen MR) is 86.4 cm³/mol. The lowest BCUT2D eigenvalue weighted by Crippen LogP contribution is -2.34. The van der Waals surface area contributed by atoms with Crippen molar-refractivity contribution < 1.29 is 14.3 Å². The highest BCUT2D eigenvalue weighted by Gasteiger charge is 2.36. The highest BCUT2D eigenvalue weighted by atomic mass is 35.5. The Morgan fingerprint density at radius 2 is 2.09 bits per heavy atom. The van der Waals surface area contributed by atoms with E-state index in [4.69, 9.17) is 27.9 Å². The number of ether oxygens (including phenoxy) is 1. The maximum absolute atomic E-state index is 12.2. The minimum Gasteiger partial charge on any atom is -0.385 e. The molecule has 0 radical (unpaired) electrons. The summed E-state index contributed by atoms with van der Waals surface area (Å²) in [7, 11) is 1.61. The maximum Gasteiger partial charge on any atom is 0.227 e. The molecule has 0 spiro atoms. The van der Waals surface area contributed by atoms with Gasteiger partial charge in [-0.1, -0.05) is 29.3 Å². The highest BCUT2D eigenvalue weighted by molar-refractivity contribution is 6.40. The minimum absolute atomic E-state index is 0.130. The van der Waals surface area contributed by atoms with Crippen molar-refractivity contribution in [3.05, 3.63) is 28.2 Å². The number of nitrogens with zero attached hydrogens (tertiary/aromatic N) is 1. The summed E-state index contributed by atoms with van der Waals surface area (Å²) in [6.07, 6.45) is 0.903. The van der Waals surface area contributed by atoms with Crippen LogP contribution in [-0.4, -0.2) is 38.6 Å². The van der Waals surface area contributed by atoms with E-state index in [-0.39, 0.29) is 24.2 Å². The lowest BCUT2D eigenvalue weighted by molar-refractivity contribution is -0.126. The third-order valence-electron chi connectivity index (χ3n) is 3.53. The molecule has 1 aliphatic heterocycles. The number of rotatable bonds is 6. The summed E-state index contributed by atoms with van der Waals surface area (Å²) in [6.45, 7) is 1.41. The van der Waals surface area contributed by atoms with Crippen LogP contribution in [0.15, 0.2) is 18.2 Å². The Morgan fingerprint density at radius 3 is 2.73 bits per heavy atom. The molecule has 0 bridgehead atoms. The summed E-state index contributed by atoms with van der Waals surface area (Å²) >= 11 is 12.3. The van der Waals surface area contributed by atoms with E-state index in [1.807, 2.05) is 0 Å². The van der Waals surface area contributed by atoms with Gasteiger partial charge in [-0.15, -0.1) is 0 Å². The molecule has 1 aromatic rings. The molecule has 0 aromatic heterocycles. The minimum atomic E-state index is -0.387. The number of methoxy groups -OCH3 is 1. The second-order valence-corrected chi connectivity index (χ2v) is 5.93. The molecule has 2 rings (SSSR count). The van der Waals surface area contributed by atoms with Crippen LogP contribution in [0, 0.1) is 5.92 Å². The van der Waals surface area contributed by atoms with Crippen molar-refractivity contribution in [2.45, 2.75) is 12.8 Å². The summed E-state index contributed by atoms with van der Waals surface area (Å²) in [5.41, 5.74) is 0.477. The number of carbonyl (C=O) groups is 2. The van der Waals surface area contributed by atoms with Gasteiger partial charge >= 0.3 is 0 Å². The van der Waals surface area contributed by atoms with Crippen LogP contribution in [0.2, 0.25) is 10.0 Å². The van der Waals surface area contributed by atoms with Crippen LogP contribution in [0.4, 0.5) is 5.69 Å². The quantitative estimate of drug-likeness (QED) is 0.806. The van der Waals surface area contributed by atoms with E-state index >= 15 is 0 Å². The predicted octanol–water partition coefficient (Wildman–Crippen LogP) is 2.50. The van der Waals surface area contributed by atoms with Crippen molar-refractivity contribution in [3.63, 3.8) is 0 Å². The molecule has 7 heteroatoms. The average molecular weight is 345 g/mol. The van der Waals surface area contributed by atoms with Gasteiger partial charge in [-0.25, -0.2) is 0 Å². The highest BCUT2D eigenvalue weighted by Crippen LogP contribution is 2.37. The molecule has 1 aromatic carbocycles. The SMILES string of the molecule is COCCCNC(=O)C1CC(=O)N(c2c(Cl)cccc2Cl)C1. The number of hydrogen-bond acceptors (Lipinski definition) is 3. The van der Waals surface area contributed by atoms with Crippen LogP contribution >= 0.6 is 23.2 Å². The van der Waals surface area contributed by atoms with E-state index in [1.165, 1.54) is 4.90 Å². The fourth-order valence-corrected chi connectivity index (χ4v) is 3.02. The first-order valence-electron chi connectivity index (χ1n) is 7.05. The van der Waals surface area contributed by atoms with E-state index in [2.05, 4.69) is 5.32 Å². The zero-order valence-corrected chi connectivity index (χ0v) is 13.8. The van der Waals surface area contributed by atoms with Crippen molar-refractivity contribution >= 4 is 40.7 Å². The first kappa shape index (κ1) is 17.1. The molecule has 1 saturated heterocycles. The van der Waals surface area contributed by atoms with Gasteiger partial charge in [0, 0.05) is 33.2 Å². The fourth-order valence-electron chi connectivity index (χ4n) is 2.42. The van der Waals surface area contributed by atoms with Crippen LogP contribution < -0.4 is 10.2 Å². The smallest absolute Gasteiger partial charge is 0.227 e. The van der Waals surface area contributed by atoms with Crippen molar-refractivity contribution in [2.24, 2.45) is 5.92 Å². The Kier molecular flexibility index (Phi) is 6.06. The van der Waals surface area contributed by atoms with Crippen molar-refractivity contribution in [1.82, 2.24) is 5.32 Å². The summed E-state index contributed by atoms with van der Waals surface area (Å²) < 4.78 is 4.92. The Balaban J connectivity index is 2.00. The number of benzene rings is 1. The topological polar surface area (TPSA) is 58.6 Å². The number of para-hydroxylation sites is 1. The van der Waals surface area contributed by atoms with Gasteiger partial charge in [-0.3, -0.25) is 9.59 Å². The maximum atomic E-state index is 12.2. The second kappa shape index (κ2) is 7.81. The van der Waals surface area contributed by atoms with E-state index < -0.39 is 0 Å². The summed E-state index contributed by atoms with van der Waals surface area (Å²) in [6, 6.07) is 5.07. The molecule has 1 unspecified atom stereocenters. The molecule has 5 nitrogen and oxygen atoms in total. The third-order valence-corrected chi connectivity index (χ3v) is 4.14. The van der Waals surface area contributed by atoms with E-state index in [0.717, 1.165) is 6.42 Å². The summed E-state index contributed by atoms with van der Waals surface area (Å²) in [4.78, 5) is 25.8. The normalized spacial score (nSPS) is 17.9. The van der Waals surface area contributed by atoms with Gasteiger partial charge in [0.2, 0.25) is 11.8 Å². The molecule has 22 heavy (non-hydrogen) atoms. The first-order chi connectivity index (χ1) is 10.5. The number of nitrogens with one attached hydrogen (secondary N) is 1. The average Bonchev–Trinajstić information content (AvgIpc) is 2.85. The van der Waals surface area contributed by atoms with E-state index in [9.17, 15) is 9.59 Å². The standard InChI is InChI=1S/C15H18Cl2N2O3/c1-22-7-3-6-18-15(21)10-8-13(20)19(9-10)14-11(16)4-2-5-12(14)17/h2,4-5,10H,3,6-9H2,1H3,(H,18,21). The monoisotopic (exact) mass is 344 g/mol. The van der Waals surface area contributed by atoms with Gasteiger partial charge < -0.3 is 15.0 Å². The largest absolute Gasteiger partial charge is 0.385 e.